The SMILES string of the molecule is CCN(CCCN(C)C)CC(O)CC(=O)O. The molecule has 2 N–H and O–H groups in total. The van der Waals surface area contributed by atoms with Crippen LogP contribution >= 0.6 is 0 Å². The van der Waals surface area contributed by atoms with E-state index in [2.05, 4.69) is 9.80 Å². The molecule has 0 saturated carbocycles. The Hall–Kier alpha value is -0.650. The molecule has 1 unspecified atom stereocenters. The van der Waals surface area contributed by atoms with E-state index in [-0.39, 0.29) is 6.42 Å². The summed E-state index contributed by atoms with van der Waals surface area (Å²) in [6.07, 6.45) is 0.0851. The van der Waals surface area contributed by atoms with Crippen LogP contribution in [-0.2, 0) is 4.79 Å². The van der Waals surface area contributed by atoms with Crippen molar-refractivity contribution in [3.63, 3.8) is 0 Å². The molecule has 0 aliphatic carbocycles. The normalized spacial score (nSPS) is 13.4. The summed E-state index contributed by atoms with van der Waals surface area (Å²) in [5.74, 6) is -0.947. The molecular formula is C11H24N2O3. The van der Waals surface area contributed by atoms with Crippen LogP contribution in [0.25, 0.3) is 0 Å². The van der Waals surface area contributed by atoms with Gasteiger partial charge in [-0.25, -0.2) is 0 Å². The molecule has 0 rings (SSSR count). The minimum absolute atomic E-state index is 0.176. The van der Waals surface area contributed by atoms with E-state index >= 15 is 0 Å². The first kappa shape index (κ1) is 15.3. The largest absolute Gasteiger partial charge is 0.481 e. The van der Waals surface area contributed by atoms with Crippen molar-refractivity contribution in [3.05, 3.63) is 0 Å². The zero-order valence-corrected chi connectivity index (χ0v) is 10.5. The van der Waals surface area contributed by atoms with Crippen LogP contribution in [0.15, 0.2) is 0 Å². The second kappa shape index (κ2) is 8.50. The summed E-state index contributed by atoms with van der Waals surface area (Å²) in [4.78, 5) is 14.6. The quantitative estimate of drug-likeness (QED) is 0.590. The number of aliphatic hydroxyl groups excluding tert-OH is 1. The lowest BCUT2D eigenvalue weighted by Gasteiger charge is -2.23. The molecule has 0 aromatic carbocycles. The van der Waals surface area contributed by atoms with Crippen molar-refractivity contribution in [1.82, 2.24) is 9.80 Å². The van der Waals surface area contributed by atoms with Crippen molar-refractivity contribution < 1.29 is 15.0 Å². The first-order chi connectivity index (χ1) is 7.45. The number of nitrogens with zero attached hydrogens (tertiary/aromatic N) is 2. The standard InChI is InChI=1S/C11H24N2O3/c1-4-13(7-5-6-12(2)3)9-10(14)8-11(15)16/h10,14H,4-9H2,1-3H3,(H,15,16). The molecule has 0 aliphatic heterocycles. The number of hydrogen-bond acceptors (Lipinski definition) is 4. The van der Waals surface area contributed by atoms with E-state index in [0.29, 0.717) is 6.54 Å². The molecule has 0 radical (unpaired) electrons. The fourth-order valence-electron chi connectivity index (χ4n) is 1.55. The second-order valence-electron chi connectivity index (χ2n) is 4.30. The first-order valence-electron chi connectivity index (χ1n) is 5.72. The molecule has 96 valence electrons. The fraction of sp³-hybridized carbons (Fsp3) is 0.909. The molecule has 0 aromatic heterocycles. The van der Waals surface area contributed by atoms with Gasteiger partial charge in [-0.15, -0.1) is 0 Å². The maximum Gasteiger partial charge on any atom is 0.306 e. The highest BCUT2D eigenvalue weighted by Crippen LogP contribution is 1.99. The molecule has 5 nitrogen and oxygen atoms in total. The van der Waals surface area contributed by atoms with Gasteiger partial charge in [0.1, 0.15) is 0 Å². The van der Waals surface area contributed by atoms with E-state index in [1.54, 1.807) is 0 Å². The molecule has 1 atom stereocenters. The van der Waals surface area contributed by atoms with Crippen molar-refractivity contribution in [2.75, 3.05) is 40.3 Å². The number of rotatable bonds is 9. The molecule has 0 aliphatic rings. The number of carboxylic acid groups (broad SMARTS) is 1. The van der Waals surface area contributed by atoms with E-state index in [9.17, 15) is 9.90 Å². The van der Waals surface area contributed by atoms with Crippen molar-refractivity contribution in [2.45, 2.75) is 25.9 Å². The summed E-state index contributed by atoms with van der Waals surface area (Å²) >= 11 is 0. The Morgan fingerprint density at radius 3 is 2.38 bits per heavy atom. The number of aliphatic carboxylic acids is 1. The minimum Gasteiger partial charge on any atom is -0.481 e. The predicted octanol–water partition coefficient (Wildman–Crippen LogP) is 0.0956. The van der Waals surface area contributed by atoms with Crippen molar-refractivity contribution in [1.29, 1.82) is 0 Å². The smallest absolute Gasteiger partial charge is 0.306 e. The maximum absolute atomic E-state index is 10.4. The summed E-state index contributed by atoms with van der Waals surface area (Å²) in [7, 11) is 4.05. The van der Waals surface area contributed by atoms with Gasteiger partial charge in [-0.05, 0) is 40.2 Å². The van der Waals surface area contributed by atoms with Crippen molar-refractivity contribution >= 4 is 5.97 Å². The monoisotopic (exact) mass is 232 g/mol. The molecular weight excluding hydrogens is 208 g/mol. The number of hydrogen-bond donors (Lipinski definition) is 2. The van der Waals surface area contributed by atoms with Gasteiger partial charge in [0.05, 0.1) is 12.5 Å². The average Bonchev–Trinajstić information content (AvgIpc) is 2.14. The molecule has 0 spiro atoms. The maximum atomic E-state index is 10.4. The zero-order chi connectivity index (χ0) is 12.6. The highest BCUT2D eigenvalue weighted by atomic mass is 16.4. The van der Waals surface area contributed by atoms with E-state index in [4.69, 9.17) is 5.11 Å². The lowest BCUT2D eigenvalue weighted by atomic mass is 10.2. The van der Waals surface area contributed by atoms with Gasteiger partial charge in [-0.2, -0.15) is 0 Å². The lowest BCUT2D eigenvalue weighted by Crippen LogP contribution is -2.35. The lowest BCUT2D eigenvalue weighted by molar-refractivity contribution is -0.139. The Labute approximate surface area is 97.7 Å². The number of carboxylic acids is 1. The molecule has 0 bridgehead atoms. The molecule has 16 heavy (non-hydrogen) atoms. The van der Waals surface area contributed by atoms with Crippen LogP contribution in [0.5, 0.6) is 0 Å². The third-order valence-corrected chi connectivity index (χ3v) is 2.41. The fourth-order valence-corrected chi connectivity index (χ4v) is 1.55. The molecule has 0 amide bonds. The average molecular weight is 232 g/mol. The summed E-state index contributed by atoms with van der Waals surface area (Å²) in [5.41, 5.74) is 0. The second-order valence-corrected chi connectivity index (χ2v) is 4.30. The van der Waals surface area contributed by atoms with Crippen molar-refractivity contribution in [3.8, 4) is 0 Å². The summed E-state index contributed by atoms with van der Waals surface area (Å²) in [6, 6.07) is 0. The Kier molecular flexibility index (Phi) is 8.15. The first-order valence-corrected chi connectivity index (χ1v) is 5.72. The number of aliphatic hydroxyl groups is 1. The third kappa shape index (κ3) is 8.64. The molecule has 0 aromatic rings. The Morgan fingerprint density at radius 2 is 1.94 bits per heavy atom. The van der Waals surface area contributed by atoms with E-state index in [1.807, 2.05) is 21.0 Å². The highest BCUT2D eigenvalue weighted by Gasteiger charge is 2.13. The molecule has 0 fully saturated rings. The summed E-state index contributed by atoms with van der Waals surface area (Å²) in [6.45, 7) is 5.19. The van der Waals surface area contributed by atoms with Gasteiger partial charge < -0.3 is 20.0 Å². The predicted molar refractivity (Wildman–Crippen MR) is 63.5 cm³/mol. The summed E-state index contributed by atoms with van der Waals surface area (Å²) < 4.78 is 0. The Balaban J connectivity index is 3.77. The van der Waals surface area contributed by atoms with Crippen LogP contribution in [0.3, 0.4) is 0 Å². The van der Waals surface area contributed by atoms with Crippen molar-refractivity contribution in [2.24, 2.45) is 0 Å². The van der Waals surface area contributed by atoms with Gasteiger partial charge in [0, 0.05) is 6.54 Å². The topological polar surface area (TPSA) is 64.0 Å². The Bertz CT molecular complexity index is 198. The van der Waals surface area contributed by atoms with Gasteiger partial charge in [0.25, 0.3) is 0 Å². The van der Waals surface area contributed by atoms with Gasteiger partial charge in [-0.1, -0.05) is 6.92 Å². The van der Waals surface area contributed by atoms with Gasteiger partial charge >= 0.3 is 5.97 Å². The molecule has 0 heterocycles. The van der Waals surface area contributed by atoms with Crippen LogP contribution in [0.4, 0.5) is 0 Å². The van der Waals surface area contributed by atoms with Crippen LogP contribution in [0.1, 0.15) is 19.8 Å². The number of likely N-dealkylation sites (N-methyl/N-ethyl adjacent to an activating group) is 1. The third-order valence-electron chi connectivity index (χ3n) is 2.41. The Morgan fingerprint density at radius 1 is 1.31 bits per heavy atom. The van der Waals surface area contributed by atoms with Crippen LogP contribution in [-0.4, -0.2) is 72.4 Å². The zero-order valence-electron chi connectivity index (χ0n) is 10.5. The summed E-state index contributed by atoms with van der Waals surface area (Å²) in [5, 5.41) is 18.0. The van der Waals surface area contributed by atoms with Gasteiger partial charge in [-0.3, -0.25) is 4.79 Å². The van der Waals surface area contributed by atoms with E-state index in [1.165, 1.54) is 0 Å². The van der Waals surface area contributed by atoms with Crippen LogP contribution in [0, 0.1) is 0 Å². The van der Waals surface area contributed by atoms with Crippen LogP contribution < -0.4 is 0 Å². The molecule has 5 heteroatoms. The van der Waals surface area contributed by atoms with Gasteiger partial charge in [0.2, 0.25) is 0 Å². The molecule has 0 saturated heterocycles. The minimum atomic E-state index is -0.947. The van der Waals surface area contributed by atoms with E-state index in [0.717, 1.165) is 26.1 Å². The van der Waals surface area contributed by atoms with E-state index < -0.39 is 12.1 Å². The highest BCUT2D eigenvalue weighted by molar-refractivity contribution is 5.67. The van der Waals surface area contributed by atoms with Crippen LogP contribution in [0.2, 0.25) is 0 Å². The number of carbonyl (C=O) groups is 1. The van der Waals surface area contributed by atoms with Gasteiger partial charge in [0.15, 0.2) is 0 Å².